The Morgan fingerprint density at radius 1 is 0.925 bits per heavy atom. The number of carbonyl (C=O) groups excluding carboxylic acids is 1. The van der Waals surface area contributed by atoms with Gasteiger partial charge in [0.25, 0.3) is 0 Å². The SMILES string of the molecule is C=CCCCCCCCCC(=O)O[C@H]1C[C@@H](O)[C@H](CC[C@@H](O)CCc2ccccc2)[C@H]1C/C=C\CCCC(=O)O. The molecule has 0 amide bonds. The molecule has 1 aliphatic rings. The van der Waals surface area contributed by atoms with Gasteiger partial charge in [-0.2, -0.15) is 0 Å². The zero-order valence-corrected chi connectivity index (χ0v) is 24.3. The highest BCUT2D eigenvalue weighted by Gasteiger charge is 2.43. The molecule has 0 heterocycles. The first-order valence-corrected chi connectivity index (χ1v) is 15.5. The van der Waals surface area contributed by atoms with E-state index in [0.717, 1.165) is 32.1 Å². The molecule has 1 aromatic rings. The van der Waals surface area contributed by atoms with Gasteiger partial charge in [-0.05, 0) is 75.7 Å². The van der Waals surface area contributed by atoms with Gasteiger partial charge < -0.3 is 20.1 Å². The first-order valence-electron chi connectivity index (χ1n) is 15.5. The van der Waals surface area contributed by atoms with Crippen molar-refractivity contribution >= 4 is 11.9 Å². The van der Waals surface area contributed by atoms with E-state index in [4.69, 9.17) is 9.84 Å². The fraction of sp³-hybridized carbons (Fsp3) is 0.647. The predicted molar refractivity (Wildman–Crippen MR) is 160 cm³/mol. The van der Waals surface area contributed by atoms with Crippen molar-refractivity contribution in [3.8, 4) is 0 Å². The van der Waals surface area contributed by atoms with E-state index in [0.29, 0.717) is 51.4 Å². The third kappa shape index (κ3) is 14.3. The third-order valence-corrected chi connectivity index (χ3v) is 8.10. The molecule has 0 spiro atoms. The number of benzene rings is 1. The van der Waals surface area contributed by atoms with E-state index in [1.165, 1.54) is 24.8 Å². The number of aliphatic hydroxyl groups excluding tert-OH is 2. The lowest BCUT2D eigenvalue weighted by Gasteiger charge is -2.25. The molecule has 40 heavy (non-hydrogen) atoms. The quantitative estimate of drug-likeness (QED) is 0.0794. The Labute approximate surface area is 241 Å². The van der Waals surface area contributed by atoms with Gasteiger partial charge in [0.15, 0.2) is 0 Å². The summed E-state index contributed by atoms with van der Waals surface area (Å²) in [7, 11) is 0. The van der Waals surface area contributed by atoms with Crippen LogP contribution in [0.3, 0.4) is 0 Å². The Hall–Kier alpha value is -2.44. The minimum Gasteiger partial charge on any atom is -0.481 e. The lowest BCUT2D eigenvalue weighted by molar-refractivity contribution is -0.151. The van der Waals surface area contributed by atoms with E-state index < -0.39 is 18.2 Å². The van der Waals surface area contributed by atoms with Crippen LogP contribution in [0.5, 0.6) is 0 Å². The summed E-state index contributed by atoms with van der Waals surface area (Å²) in [4.78, 5) is 23.4. The van der Waals surface area contributed by atoms with Gasteiger partial charge >= 0.3 is 11.9 Å². The Morgan fingerprint density at radius 2 is 1.65 bits per heavy atom. The molecule has 5 atom stereocenters. The van der Waals surface area contributed by atoms with Gasteiger partial charge in [0.05, 0.1) is 12.2 Å². The van der Waals surface area contributed by atoms with Crippen molar-refractivity contribution in [2.75, 3.05) is 0 Å². The molecule has 0 bridgehead atoms. The first kappa shape index (κ1) is 33.8. The Balaban J connectivity index is 1.85. The van der Waals surface area contributed by atoms with Crippen LogP contribution in [0.4, 0.5) is 0 Å². The molecule has 1 aliphatic carbocycles. The molecule has 6 heteroatoms. The Kier molecular flexibility index (Phi) is 17.3. The van der Waals surface area contributed by atoms with Gasteiger partial charge in [-0.1, -0.05) is 74.2 Å². The lowest BCUT2D eigenvalue weighted by Crippen LogP contribution is -2.26. The van der Waals surface area contributed by atoms with Gasteiger partial charge in [0.2, 0.25) is 0 Å². The molecule has 0 unspecified atom stereocenters. The van der Waals surface area contributed by atoms with Crippen LogP contribution >= 0.6 is 0 Å². The van der Waals surface area contributed by atoms with Crippen LogP contribution in [0.1, 0.15) is 108 Å². The number of aryl methyl sites for hydroxylation is 1. The van der Waals surface area contributed by atoms with Crippen LogP contribution in [0.15, 0.2) is 55.1 Å². The van der Waals surface area contributed by atoms with Crippen molar-refractivity contribution in [2.45, 2.75) is 127 Å². The van der Waals surface area contributed by atoms with E-state index in [-0.39, 0.29) is 30.3 Å². The standard InChI is InChI=1S/C34H52O6/c1-2-3-4-5-6-7-8-16-21-34(39)40-32-26-31(36)29(30(32)19-14-9-10-15-20-33(37)38)25-24-28(35)23-22-27-17-12-11-13-18-27/h2,9,11-14,17-18,28-32,35-36H,1,3-8,10,15-16,19-26H2,(H,37,38)/b14-9-/t28-,29+,30+,31+,32-/m0/s1. The molecule has 0 saturated heterocycles. The predicted octanol–water partition coefficient (Wildman–Crippen LogP) is 7.18. The summed E-state index contributed by atoms with van der Waals surface area (Å²) in [6.07, 6.45) is 17.9. The van der Waals surface area contributed by atoms with Gasteiger partial charge in [0.1, 0.15) is 6.10 Å². The van der Waals surface area contributed by atoms with Crippen molar-refractivity contribution in [3.63, 3.8) is 0 Å². The normalized spacial score (nSPS) is 21.4. The summed E-state index contributed by atoms with van der Waals surface area (Å²) in [6, 6.07) is 10.1. The molecule has 0 aromatic heterocycles. The minimum atomic E-state index is -0.794. The Bertz CT molecular complexity index is 866. The zero-order valence-electron chi connectivity index (χ0n) is 24.3. The van der Waals surface area contributed by atoms with Crippen molar-refractivity contribution in [2.24, 2.45) is 11.8 Å². The average Bonchev–Trinajstić information content (AvgIpc) is 3.23. The molecule has 3 N–H and O–H groups in total. The highest BCUT2D eigenvalue weighted by Crippen LogP contribution is 2.40. The summed E-state index contributed by atoms with van der Waals surface area (Å²) < 4.78 is 5.92. The molecular weight excluding hydrogens is 504 g/mol. The molecule has 0 aliphatic heterocycles. The number of hydrogen-bond donors (Lipinski definition) is 3. The number of hydrogen-bond acceptors (Lipinski definition) is 5. The van der Waals surface area contributed by atoms with Crippen LogP contribution < -0.4 is 0 Å². The van der Waals surface area contributed by atoms with E-state index in [1.807, 2.05) is 36.4 Å². The molecule has 1 fully saturated rings. The topological polar surface area (TPSA) is 104 Å². The molecule has 0 radical (unpaired) electrons. The maximum absolute atomic E-state index is 12.7. The van der Waals surface area contributed by atoms with Crippen LogP contribution in [-0.4, -0.2) is 45.6 Å². The highest BCUT2D eigenvalue weighted by molar-refractivity contribution is 5.69. The largest absolute Gasteiger partial charge is 0.481 e. The number of esters is 1. The molecule has 6 nitrogen and oxygen atoms in total. The number of carbonyl (C=O) groups is 2. The monoisotopic (exact) mass is 556 g/mol. The second-order valence-corrected chi connectivity index (χ2v) is 11.4. The number of unbranched alkanes of at least 4 members (excludes halogenated alkanes) is 7. The fourth-order valence-electron chi connectivity index (χ4n) is 5.76. The number of aliphatic carboxylic acids is 1. The number of aliphatic hydroxyl groups is 2. The van der Waals surface area contributed by atoms with E-state index in [1.54, 1.807) is 0 Å². The summed E-state index contributed by atoms with van der Waals surface area (Å²) in [5.41, 5.74) is 1.20. The summed E-state index contributed by atoms with van der Waals surface area (Å²) in [5.74, 6) is -1.05. The number of carboxylic acids is 1. The van der Waals surface area contributed by atoms with Crippen LogP contribution in [-0.2, 0) is 20.7 Å². The second kappa shape index (κ2) is 20.4. The molecule has 1 saturated carbocycles. The number of carboxylic acid groups (broad SMARTS) is 1. The minimum absolute atomic E-state index is 0.0131. The number of allylic oxidation sites excluding steroid dienone is 3. The van der Waals surface area contributed by atoms with Gasteiger partial charge in [-0.3, -0.25) is 9.59 Å². The van der Waals surface area contributed by atoms with E-state index in [2.05, 4.69) is 18.7 Å². The van der Waals surface area contributed by atoms with Gasteiger partial charge in [-0.15, -0.1) is 6.58 Å². The fourth-order valence-corrected chi connectivity index (χ4v) is 5.76. The van der Waals surface area contributed by atoms with Crippen molar-refractivity contribution in [1.82, 2.24) is 0 Å². The molecular formula is C34H52O6. The van der Waals surface area contributed by atoms with Crippen LogP contribution in [0.2, 0.25) is 0 Å². The number of ether oxygens (including phenoxy) is 1. The highest BCUT2D eigenvalue weighted by atomic mass is 16.5. The second-order valence-electron chi connectivity index (χ2n) is 11.4. The summed E-state index contributed by atoms with van der Waals surface area (Å²) in [6.45, 7) is 3.75. The number of rotatable bonds is 22. The van der Waals surface area contributed by atoms with Gasteiger partial charge in [-0.25, -0.2) is 0 Å². The van der Waals surface area contributed by atoms with Crippen LogP contribution in [0.25, 0.3) is 0 Å². The van der Waals surface area contributed by atoms with E-state index in [9.17, 15) is 19.8 Å². The van der Waals surface area contributed by atoms with Gasteiger partial charge in [0, 0.05) is 25.2 Å². The molecule has 1 aromatic carbocycles. The third-order valence-electron chi connectivity index (χ3n) is 8.10. The molecule has 224 valence electrons. The Morgan fingerprint density at radius 3 is 2.38 bits per heavy atom. The maximum Gasteiger partial charge on any atom is 0.306 e. The van der Waals surface area contributed by atoms with Crippen molar-refractivity contribution in [3.05, 3.63) is 60.7 Å². The average molecular weight is 557 g/mol. The molecule has 2 rings (SSSR count). The van der Waals surface area contributed by atoms with Crippen LogP contribution in [0, 0.1) is 11.8 Å². The lowest BCUT2D eigenvalue weighted by atomic mass is 9.85. The maximum atomic E-state index is 12.7. The van der Waals surface area contributed by atoms with E-state index >= 15 is 0 Å². The zero-order chi connectivity index (χ0) is 29.0. The van der Waals surface area contributed by atoms with Crippen molar-refractivity contribution in [1.29, 1.82) is 0 Å². The smallest absolute Gasteiger partial charge is 0.306 e. The first-order chi connectivity index (χ1) is 19.4. The summed E-state index contributed by atoms with van der Waals surface area (Å²) >= 11 is 0. The van der Waals surface area contributed by atoms with Crippen molar-refractivity contribution < 1.29 is 29.6 Å². The summed E-state index contributed by atoms with van der Waals surface area (Å²) in [5, 5.41) is 30.4.